The van der Waals surface area contributed by atoms with Crippen molar-refractivity contribution in [2.45, 2.75) is 40.5 Å². The highest BCUT2D eigenvalue weighted by Crippen LogP contribution is 2.29. The minimum absolute atomic E-state index is 0. The van der Waals surface area contributed by atoms with Gasteiger partial charge < -0.3 is 20.1 Å². The van der Waals surface area contributed by atoms with Gasteiger partial charge in [0.2, 0.25) is 0 Å². The van der Waals surface area contributed by atoms with Crippen molar-refractivity contribution in [2.24, 2.45) is 12.0 Å². The molecule has 0 saturated carbocycles. The van der Waals surface area contributed by atoms with Crippen LogP contribution < -0.4 is 15.4 Å². The maximum absolute atomic E-state index is 13.9. The molecule has 1 aromatic carbocycles. The molecule has 0 atom stereocenters. The summed E-state index contributed by atoms with van der Waals surface area (Å²) in [7, 11) is 1.93. The van der Waals surface area contributed by atoms with E-state index in [-0.39, 0.29) is 36.6 Å². The summed E-state index contributed by atoms with van der Waals surface area (Å²) in [5, 5.41) is 11.0. The van der Waals surface area contributed by atoms with E-state index in [1.807, 2.05) is 32.5 Å². The summed E-state index contributed by atoms with van der Waals surface area (Å²) in [5.41, 5.74) is 4.67. The number of halogens is 2. The topological polar surface area (TPSA) is 72.7 Å². The van der Waals surface area contributed by atoms with Crippen LogP contribution in [-0.4, -0.2) is 29.1 Å². The summed E-state index contributed by atoms with van der Waals surface area (Å²) < 4.78 is 26.5. The Morgan fingerprint density at radius 3 is 2.79 bits per heavy atom. The quantitative estimate of drug-likeness (QED) is 0.373. The second kappa shape index (κ2) is 10.1. The number of hydrogen-bond donors (Lipinski definition) is 2. The first-order valence-electron chi connectivity index (χ1n) is 9.02. The van der Waals surface area contributed by atoms with Gasteiger partial charge in [-0.1, -0.05) is 0 Å². The van der Waals surface area contributed by atoms with Crippen molar-refractivity contribution in [2.75, 3.05) is 13.3 Å². The zero-order valence-electron chi connectivity index (χ0n) is 16.6. The van der Waals surface area contributed by atoms with Crippen molar-refractivity contribution in [1.29, 1.82) is 0 Å². The van der Waals surface area contributed by atoms with Crippen LogP contribution in [0.2, 0.25) is 0 Å². The number of fused-ring (bicyclic) bond motifs is 1. The number of rotatable bonds is 5. The lowest BCUT2D eigenvalue weighted by atomic mass is 10.1. The molecular formula is C19H27FIN5O2. The van der Waals surface area contributed by atoms with Crippen LogP contribution in [0.4, 0.5) is 4.39 Å². The van der Waals surface area contributed by atoms with E-state index in [9.17, 15) is 4.39 Å². The van der Waals surface area contributed by atoms with E-state index in [0.717, 1.165) is 23.5 Å². The van der Waals surface area contributed by atoms with Crippen LogP contribution in [-0.2, 0) is 31.5 Å². The predicted octanol–water partition coefficient (Wildman–Crippen LogP) is 2.92. The van der Waals surface area contributed by atoms with Crippen molar-refractivity contribution >= 4 is 29.9 Å². The van der Waals surface area contributed by atoms with Crippen LogP contribution in [0.1, 0.15) is 35.0 Å². The van der Waals surface area contributed by atoms with Crippen LogP contribution in [0.25, 0.3) is 0 Å². The Balaban J connectivity index is 0.00000280. The maximum atomic E-state index is 13.9. The maximum Gasteiger partial charge on any atom is 0.191 e. The Hall–Kier alpha value is -1.88. The molecule has 0 aliphatic carbocycles. The average Bonchev–Trinajstić information content (AvgIpc) is 2.89. The number of guanidine groups is 1. The highest BCUT2D eigenvalue weighted by Gasteiger charge is 2.17. The van der Waals surface area contributed by atoms with Crippen molar-refractivity contribution in [3.05, 3.63) is 46.0 Å². The number of benzene rings is 1. The fourth-order valence-electron chi connectivity index (χ4n) is 3.13. The minimum atomic E-state index is -0.312. The fourth-order valence-corrected chi connectivity index (χ4v) is 3.13. The smallest absolute Gasteiger partial charge is 0.191 e. The van der Waals surface area contributed by atoms with E-state index in [2.05, 4.69) is 20.7 Å². The van der Waals surface area contributed by atoms with Gasteiger partial charge in [-0.25, -0.2) is 9.38 Å². The number of nitrogens with one attached hydrogen (secondary N) is 2. The second-order valence-electron chi connectivity index (χ2n) is 6.49. The number of aliphatic imine (C=N–C) groups is 1. The molecule has 3 rings (SSSR count). The fraction of sp³-hybridized carbons (Fsp3) is 0.474. The molecule has 1 aliphatic rings. The minimum Gasteiger partial charge on any atom is -0.467 e. The van der Waals surface area contributed by atoms with Gasteiger partial charge in [-0.2, -0.15) is 5.10 Å². The van der Waals surface area contributed by atoms with Crippen molar-refractivity contribution in [1.82, 2.24) is 20.4 Å². The monoisotopic (exact) mass is 503 g/mol. The Morgan fingerprint density at radius 1 is 1.32 bits per heavy atom. The standard InChI is InChI=1S/C19H26FN5O2.HI/c1-5-21-19(23-9-17-12(2)24-25(4)13(17)3)22-8-14-6-16(20)7-15-10-26-11-27-18(14)15;/h6-7H,5,8-11H2,1-4H3,(H2,21,22,23);1H. The van der Waals surface area contributed by atoms with Crippen LogP contribution in [0.15, 0.2) is 17.1 Å². The molecule has 154 valence electrons. The van der Waals surface area contributed by atoms with E-state index in [4.69, 9.17) is 9.47 Å². The molecule has 0 spiro atoms. The summed E-state index contributed by atoms with van der Waals surface area (Å²) in [6, 6.07) is 2.91. The first kappa shape index (κ1) is 22.4. The van der Waals surface area contributed by atoms with Crippen LogP contribution in [0.3, 0.4) is 0 Å². The van der Waals surface area contributed by atoms with Crippen molar-refractivity contribution < 1.29 is 13.9 Å². The van der Waals surface area contributed by atoms with E-state index in [0.29, 0.717) is 42.5 Å². The summed E-state index contributed by atoms with van der Waals surface area (Å²) in [6.45, 7) is 8.20. The molecule has 0 unspecified atom stereocenters. The molecule has 1 aliphatic heterocycles. The normalized spacial score (nSPS) is 13.4. The van der Waals surface area contributed by atoms with Gasteiger partial charge in [0.25, 0.3) is 0 Å². The molecule has 0 amide bonds. The number of nitrogens with zero attached hydrogens (tertiary/aromatic N) is 3. The average molecular weight is 503 g/mol. The van der Waals surface area contributed by atoms with Crippen LogP contribution >= 0.6 is 24.0 Å². The Kier molecular flexibility index (Phi) is 8.05. The molecule has 7 nitrogen and oxygen atoms in total. The summed E-state index contributed by atoms with van der Waals surface area (Å²) >= 11 is 0. The molecule has 2 aromatic rings. The lowest BCUT2D eigenvalue weighted by molar-refractivity contribution is -0.0172. The van der Waals surface area contributed by atoms with Crippen molar-refractivity contribution in [3.8, 4) is 5.75 Å². The van der Waals surface area contributed by atoms with Gasteiger partial charge >= 0.3 is 0 Å². The van der Waals surface area contributed by atoms with Gasteiger partial charge in [0, 0.05) is 42.5 Å². The molecule has 2 N–H and O–H groups in total. The van der Waals surface area contributed by atoms with Gasteiger partial charge in [0.05, 0.1) is 18.8 Å². The molecule has 1 aromatic heterocycles. The number of hydrogen-bond acceptors (Lipinski definition) is 4. The van der Waals surface area contributed by atoms with Gasteiger partial charge in [0.15, 0.2) is 12.8 Å². The number of aryl methyl sites for hydroxylation is 2. The molecule has 0 radical (unpaired) electrons. The zero-order valence-corrected chi connectivity index (χ0v) is 19.0. The Labute approximate surface area is 181 Å². The van der Waals surface area contributed by atoms with Gasteiger partial charge in [-0.15, -0.1) is 24.0 Å². The highest BCUT2D eigenvalue weighted by atomic mass is 127. The summed E-state index contributed by atoms with van der Waals surface area (Å²) in [6.07, 6.45) is 0. The third-order valence-electron chi connectivity index (χ3n) is 4.59. The molecular weight excluding hydrogens is 476 g/mol. The largest absolute Gasteiger partial charge is 0.467 e. The van der Waals surface area contributed by atoms with Gasteiger partial charge in [0.1, 0.15) is 11.6 Å². The molecule has 0 fully saturated rings. The van der Waals surface area contributed by atoms with E-state index in [1.54, 1.807) is 0 Å². The summed E-state index contributed by atoms with van der Waals surface area (Å²) in [4.78, 5) is 4.59. The zero-order chi connectivity index (χ0) is 19.4. The second-order valence-corrected chi connectivity index (χ2v) is 6.49. The number of aromatic nitrogens is 2. The molecule has 28 heavy (non-hydrogen) atoms. The molecule has 2 heterocycles. The predicted molar refractivity (Wildman–Crippen MR) is 116 cm³/mol. The molecule has 0 bridgehead atoms. The van der Waals surface area contributed by atoms with Crippen LogP contribution in [0.5, 0.6) is 5.75 Å². The third kappa shape index (κ3) is 5.13. The first-order chi connectivity index (χ1) is 13.0. The third-order valence-corrected chi connectivity index (χ3v) is 4.59. The van der Waals surface area contributed by atoms with Crippen LogP contribution in [0, 0.1) is 19.7 Å². The van der Waals surface area contributed by atoms with Gasteiger partial charge in [-0.3, -0.25) is 4.68 Å². The lowest BCUT2D eigenvalue weighted by Gasteiger charge is -2.20. The van der Waals surface area contributed by atoms with E-state index < -0.39 is 0 Å². The van der Waals surface area contributed by atoms with E-state index in [1.165, 1.54) is 12.1 Å². The Morgan fingerprint density at radius 2 is 2.11 bits per heavy atom. The molecule has 0 saturated heterocycles. The first-order valence-corrected chi connectivity index (χ1v) is 9.02. The molecule has 9 heteroatoms. The summed E-state index contributed by atoms with van der Waals surface area (Å²) in [5.74, 6) is 1.01. The Bertz CT molecular complexity index is 853. The van der Waals surface area contributed by atoms with E-state index >= 15 is 0 Å². The SMILES string of the molecule is CCNC(=NCc1cc(F)cc2c1OCOC2)NCc1c(C)nn(C)c1C.I. The van der Waals surface area contributed by atoms with Gasteiger partial charge in [-0.05, 0) is 32.9 Å². The number of ether oxygens (including phenoxy) is 2. The lowest BCUT2D eigenvalue weighted by Crippen LogP contribution is -2.37. The van der Waals surface area contributed by atoms with Crippen molar-refractivity contribution in [3.63, 3.8) is 0 Å². The highest BCUT2D eigenvalue weighted by molar-refractivity contribution is 14.0.